The molecule has 2 N–H and O–H groups in total. The van der Waals surface area contributed by atoms with Crippen LogP contribution in [0.2, 0.25) is 0 Å². The van der Waals surface area contributed by atoms with Crippen LogP contribution in [-0.2, 0) is 11.0 Å². The van der Waals surface area contributed by atoms with Crippen molar-refractivity contribution in [2.45, 2.75) is 26.1 Å². The van der Waals surface area contributed by atoms with Gasteiger partial charge in [-0.05, 0) is 48.9 Å². The number of amides is 1. The lowest BCUT2D eigenvalue weighted by Crippen LogP contribution is -2.54. The van der Waals surface area contributed by atoms with Crippen LogP contribution < -0.4 is 20.3 Å². The highest BCUT2D eigenvalue weighted by Crippen LogP contribution is 2.31. The summed E-state index contributed by atoms with van der Waals surface area (Å²) in [7, 11) is 0. The van der Waals surface area contributed by atoms with E-state index in [1.807, 2.05) is 17.9 Å². The van der Waals surface area contributed by atoms with Crippen LogP contribution in [0, 0.1) is 6.92 Å². The van der Waals surface area contributed by atoms with E-state index >= 15 is 0 Å². The van der Waals surface area contributed by atoms with Crippen LogP contribution in [-0.4, -0.2) is 40.1 Å². The Balaban J connectivity index is 1.36. The number of benzene rings is 2. The van der Waals surface area contributed by atoms with Crippen LogP contribution in [0.5, 0.6) is 5.75 Å². The number of ether oxygens (including phenoxy) is 1. The third-order valence-electron chi connectivity index (χ3n) is 5.07. The molecule has 0 atom stereocenters. The van der Waals surface area contributed by atoms with E-state index in [1.165, 1.54) is 25.4 Å². The maximum absolute atomic E-state index is 12.7. The monoisotopic (exact) mass is 458 g/mol. The van der Waals surface area contributed by atoms with Gasteiger partial charge in [0.05, 0.1) is 18.7 Å². The summed E-state index contributed by atoms with van der Waals surface area (Å²) in [6.07, 6.45) is -3.17. The van der Waals surface area contributed by atoms with Crippen molar-refractivity contribution in [1.82, 2.24) is 15.0 Å². The quantitative estimate of drug-likeness (QED) is 0.573. The van der Waals surface area contributed by atoms with E-state index in [4.69, 9.17) is 4.74 Å². The van der Waals surface area contributed by atoms with E-state index < -0.39 is 11.7 Å². The average Bonchev–Trinajstić information content (AvgIpc) is 2.73. The molecule has 0 saturated carbocycles. The Labute approximate surface area is 187 Å². The number of nitrogens with one attached hydrogen (secondary N) is 2. The number of halogens is 3. The summed E-state index contributed by atoms with van der Waals surface area (Å²) >= 11 is 0. The van der Waals surface area contributed by atoms with E-state index in [-0.39, 0.29) is 12.0 Å². The number of anilines is 4. The smallest absolute Gasteiger partial charge is 0.416 e. The van der Waals surface area contributed by atoms with Gasteiger partial charge < -0.3 is 20.3 Å². The zero-order valence-electron chi connectivity index (χ0n) is 17.8. The summed E-state index contributed by atoms with van der Waals surface area (Å²) in [5, 5.41) is 5.91. The van der Waals surface area contributed by atoms with Crippen molar-refractivity contribution >= 4 is 29.2 Å². The molecule has 2 heterocycles. The van der Waals surface area contributed by atoms with Crippen LogP contribution in [0.15, 0.2) is 48.8 Å². The average molecular weight is 458 g/mol. The summed E-state index contributed by atoms with van der Waals surface area (Å²) in [5.74, 6) is 1.01. The Morgan fingerprint density at radius 2 is 1.79 bits per heavy atom. The van der Waals surface area contributed by atoms with Gasteiger partial charge in [0.25, 0.3) is 0 Å². The molecule has 0 spiro atoms. The van der Waals surface area contributed by atoms with Crippen LogP contribution in [0.3, 0.4) is 0 Å². The minimum absolute atomic E-state index is 0.163. The Kier molecular flexibility index (Phi) is 6.03. The number of alkyl halides is 3. The molecule has 33 heavy (non-hydrogen) atoms. The molecular weight excluding hydrogens is 437 g/mol. The van der Waals surface area contributed by atoms with Crippen molar-refractivity contribution in [2.24, 2.45) is 0 Å². The molecule has 1 aromatic heterocycles. The minimum Gasteiger partial charge on any atom is -0.487 e. The summed E-state index contributed by atoms with van der Waals surface area (Å²) in [4.78, 5) is 26.0. The highest BCUT2D eigenvalue weighted by molar-refractivity contribution is 5.90. The van der Waals surface area contributed by atoms with Crippen molar-refractivity contribution in [3.63, 3.8) is 0 Å². The summed E-state index contributed by atoms with van der Waals surface area (Å²) in [6, 6.07) is 10.1. The van der Waals surface area contributed by atoms with Crippen molar-refractivity contribution in [2.75, 3.05) is 28.6 Å². The molecule has 1 aliphatic rings. The van der Waals surface area contributed by atoms with Gasteiger partial charge in [0.2, 0.25) is 17.8 Å². The van der Waals surface area contributed by atoms with Gasteiger partial charge in [-0.25, -0.2) is 9.97 Å². The van der Waals surface area contributed by atoms with Crippen LogP contribution in [0.4, 0.5) is 36.4 Å². The van der Waals surface area contributed by atoms with Gasteiger partial charge in [0.1, 0.15) is 18.2 Å². The first-order chi connectivity index (χ1) is 15.7. The van der Waals surface area contributed by atoms with Crippen molar-refractivity contribution in [1.29, 1.82) is 0 Å². The third kappa shape index (κ3) is 5.30. The fourth-order valence-electron chi connectivity index (χ4n) is 3.31. The molecule has 0 bridgehead atoms. The number of hydrogen-bond acceptors (Lipinski definition) is 7. The number of rotatable bonds is 6. The van der Waals surface area contributed by atoms with E-state index in [1.54, 1.807) is 12.1 Å². The molecule has 8 nitrogen and oxygen atoms in total. The van der Waals surface area contributed by atoms with E-state index in [0.29, 0.717) is 36.4 Å². The SMILES string of the molecule is CC(=O)Nc1cccc(Nc2ncnc(N3CC(Oc4ccc(C(F)(F)F)cc4)C3)n2)c1C. The van der Waals surface area contributed by atoms with Crippen LogP contribution >= 0.6 is 0 Å². The lowest BCUT2D eigenvalue weighted by atomic mass is 10.1. The maximum Gasteiger partial charge on any atom is 0.416 e. The highest BCUT2D eigenvalue weighted by atomic mass is 19.4. The van der Waals surface area contributed by atoms with Crippen molar-refractivity contribution in [3.05, 3.63) is 59.9 Å². The second-order valence-corrected chi connectivity index (χ2v) is 7.56. The van der Waals surface area contributed by atoms with Crippen LogP contribution in [0.1, 0.15) is 18.1 Å². The molecule has 0 aliphatic carbocycles. The summed E-state index contributed by atoms with van der Waals surface area (Å²) in [5.41, 5.74) is 1.55. The van der Waals surface area contributed by atoms with E-state index in [2.05, 4.69) is 25.6 Å². The molecule has 0 radical (unpaired) electrons. The van der Waals surface area contributed by atoms with Gasteiger partial charge in [-0.15, -0.1) is 0 Å². The molecule has 3 aromatic rings. The van der Waals surface area contributed by atoms with Gasteiger partial charge in [-0.1, -0.05) is 6.07 Å². The Morgan fingerprint density at radius 3 is 2.45 bits per heavy atom. The maximum atomic E-state index is 12.7. The lowest BCUT2D eigenvalue weighted by molar-refractivity contribution is -0.137. The molecule has 11 heteroatoms. The van der Waals surface area contributed by atoms with Crippen molar-refractivity contribution in [3.8, 4) is 5.75 Å². The molecule has 4 rings (SSSR count). The Hall–Kier alpha value is -3.89. The highest BCUT2D eigenvalue weighted by Gasteiger charge is 2.32. The molecule has 0 unspecified atom stereocenters. The van der Waals surface area contributed by atoms with Gasteiger partial charge in [-0.3, -0.25) is 4.79 Å². The molecular formula is C22H21F3N6O2. The third-order valence-corrected chi connectivity index (χ3v) is 5.07. The first-order valence-electron chi connectivity index (χ1n) is 10.1. The standard InChI is InChI=1S/C22H21F3N6O2/c1-13-18(28-14(2)32)4-3-5-19(13)29-20-26-12-27-21(30-20)31-10-17(11-31)33-16-8-6-15(7-9-16)22(23,24)25/h3-9,12,17H,10-11H2,1-2H3,(H,28,32)(H,26,27,29,30). The molecule has 1 saturated heterocycles. The first-order valence-corrected chi connectivity index (χ1v) is 10.1. The van der Waals surface area contributed by atoms with Gasteiger partial charge >= 0.3 is 6.18 Å². The molecule has 1 fully saturated rings. The zero-order valence-corrected chi connectivity index (χ0v) is 17.8. The molecule has 1 aliphatic heterocycles. The molecule has 172 valence electrons. The number of hydrogen-bond donors (Lipinski definition) is 2. The first kappa shape index (κ1) is 22.3. The van der Waals surface area contributed by atoms with E-state index in [9.17, 15) is 18.0 Å². The zero-order chi connectivity index (χ0) is 23.6. The van der Waals surface area contributed by atoms with Crippen molar-refractivity contribution < 1.29 is 22.7 Å². The van der Waals surface area contributed by atoms with Gasteiger partial charge in [0, 0.05) is 18.3 Å². The topological polar surface area (TPSA) is 92.3 Å². The van der Waals surface area contributed by atoms with Gasteiger partial charge in [-0.2, -0.15) is 18.2 Å². The normalized spacial score (nSPS) is 13.9. The Morgan fingerprint density at radius 1 is 1.09 bits per heavy atom. The minimum atomic E-state index is -4.37. The fraction of sp³-hybridized carbons (Fsp3) is 0.273. The fourth-order valence-corrected chi connectivity index (χ4v) is 3.31. The molecule has 1 amide bonds. The van der Waals surface area contributed by atoms with Gasteiger partial charge in [0.15, 0.2) is 0 Å². The predicted octanol–water partition coefficient (Wildman–Crippen LogP) is 4.17. The predicted molar refractivity (Wildman–Crippen MR) is 117 cm³/mol. The number of carbonyl (C=O) groups excluding carboxylic acids is 1. The second kappa shape index (κ2) is 8.93. The second-order valence-electron chi connectivity index (χ2n) is 7.56. The number of carbonyl (C=O) groups is 1. The number of nitrogens with zero attached hydrogens (tertiary/aromatic N) is 4. The summed E-state index contributed by atoms with van der Waals surface area (Å²) in [6.45, 7) is 4.29. The Bertz CT molecular complexity index is 1150. The number of aromatic nitrogens is 3. The lowest BCUT2D eigenvalue weighted by Gasteiger charge is -2.38. The van der Waals surface area contributed by atoms with Crippen LogP contribution in [0.25, 0.3) is 0 Å². The largest absolute Gasteiger partial charge is 0.487 e. The summed E-state index contributed by atoms with van der Waals surface area (Å²) < 4.78 is 43.7. The van der Waals surface area contributed by atoms with E-state index in [0.717, 1.165) is 23.4 Å². The molecule has 2 aromatic carbocycles.